The van der Waals surface area contributed by atoms with Gasteiger partial charge in [0.05, 0.1) is 5.52 Å². The van der Waals surface area contributed by atoms with Crippen molar-refractivity contribution in [3.8, 4) is 0 Å². The number of fused-ring (bicyclic) bond motifs is 1. The van der Waals surface area contributed by atoms with E-state index in [4.69, 9.17) is 0 Å². The van der Waals surface area contributed by atoms with E-state index in [1.54, 1.807) is 18.3 Å². The second-order valence-electron chi connectivity index (χ2n) is 2.79. The van der Waals surface area contributed by atoms with Crippen molar-refractivity contribution in [3.05, 3.63) is 40.3 Å². The van der Waals surface area contributed by atoms with Crippen LogP contribution in [0.5, 0.6) is 0 Å². The van der Waals surface area contributed by atoms with Crippen LogP contribution in [0.15, 0.2) is 29.2 Å². The predicted octanol–water partition coefficient (Wildman–Crippen LogP) is 1.19. The van der Waals surface area contributed by atoms with Gasteiger partial charge >= 0.3 is 0 Å². The van der Waals surface area contributed by atoms with Gasteiger partial charge in [-0.3, -0.25) is 14.4 Å². The Bertz CT molecular complexity index is 453. The molecule has 2 rings (SSSR count). The summed E-state index contributed by atoms with van der Waals surface area (Å²) in [6.07, 6.45) is 2.70. The van der Waals surface area contributed by atoms with Crippen molar-refractivity contribution in [2.24, 2.45) is 0 Å². The summed E-state index contributed by atoms with van der Waals surface area (Å²) in [5.74, 6) is 0. The summed E-state index contributed by atoms with van der Waals surface area (Å²) < 4.78 is 1.85. The van der Waals surface area contributed by atoms with Gasteiger partial charge in [0.1, 0.15) is 0 Å². The summed E-state index contributed by atoms with van der Waals surface area (Å²) in [6, 6.07) is 5.15. The first-order valence-electron chi connectivity index (χ1n) is 4.00. The molecule has 0 fully saturated rings. The van der Waals surface area contributed by atoms with E-state index in [1.165, 1.54) is 0 Å². The number of nitrogens with one attached hydrogen (secondary N) is 1. The Balaban J connectivity index is 2.75. The molecule has 0 spiro atoms. The summed E-state index contributed by atoms with van der Waals surface area (Å²) in [7, 11) is 0. The summed E-state index contributed by atoms with van der Waals surface area (Å²) >= 11 is 0. The van der Waals surface area contributed by atoms with Gasteiger partial charge in [-0.25, -0.2) is 0 Å². The lowest BCUT2D eigenvalue weighted by molar-refractivity contribution is 0.896. The maximum absolute atomic E-state index is 11.0. The standard InChI is InChI=1S/C9H10N2O/c1-2-7-5-8-6-9(12)3-4-11(8)10-7/h3-6,10H,2H2,1H3. The van der Waals surface area contributed by atoms with Crippen LogP contribution in [0.25, 0.3) is 5.52 Å². The molecule has 0 saturated carbocycles. The van der Waals surface area contributed by atoms with E-state index in [0.717, 1.165) is 17.6 Å². The Kier molecular flexibility index (Phi) is 1.50. The lowest BCUT2D eigenvalue weighted by Crippen LogP contribution is -1.98. The topological polar surface area (TPSA) is 37.3 Å². The van der Waals surface area contributed by atoms with Crippen LogP contribution in [-0.4, -0.2) is 9.61 Å². The van der Waals surface area contributed by atoms with Crippen LogP contribution in [0.1, 0.15) is 12.6 Å². The highest BCUT2D eigenvalue weighted by molar-refractivity contribution is 5.46. The molecule has 2 aromatic rings. The quantitative estimate of drug-likeness (QED) is 0.672. The highest BCUT2D eigenvalue weighted by atomic mass is 16.1. The van der Waals surface area contributed by atoms with Gasteiger partial charge < -0.3 is 0 Å². The molecule has 0 aliphatic heterocycles. The minimum Gasteiger partial charge on any atom is -0.298 e. The SMILES string of the molecule is CCc1cc2cc(=O)ccn2[nH]1. The Morgan fingerprint density at radius 3 is 3.08 bits per heavy atom. The first kappa shape index (κ1) is 7.16. The van der Waals surface area contributed by atoms with E-state index in [9.17, 15) is 4.79 Å². The van der Waals surface area contributed by atoms with E-state index in [2.05, 4.69) is 12.0 Å². The van der Waals surface area contributed by atoms with Gasteiger partial charge in [0.2, 0.25) is 0 Å². The minimum atomic E-state index is 0.0525. The van der Waals surface area contributed by atoms with Crippen LogP contribution in [0, 0.1) is 0 Å². The van der Waals surface area contributed by atoms with Crippen molar-refractivity contribution in [1.82, 2.24) is 9.61 Å². The molecule has 1 N–H and O–H groups in total. The first-order valence-corrected chi connectivity index (χ1v) is 4.00. The molecular formula is C9H10N2O. The van der Waals surface area contributed by atoms with Gasteiger partial charge in [0.25, 0.3) is 0 Å². The van der Waals surface area contributed by atoms with Crippen molar-refractivity contribution in [2.45, 2.75) is 13.3 Å². The molecule has 12 heavy (non-hydrogen) atoms. The smallest absolute Gasteiger partial charge is 0.182 e. The van der Waals surface area contributed by atoms with Crippen LogP contribution >= 0.6 is 0 Å². The Morgan fingerprint density at radius 1 is 1.50 bits per heavy atom. The second kappa shape index (κ2) is 2.52. The van der Waals surface area contributed by atoms with Gasteiger partial charge in [-0.2, -0.15) is 0 Å². The molecule has 0 saturated heterocycles. The van der Waals surface area contributed by atoms with Crippen molar-refractivity contribution in [2.75, 3.05) is 0 Å². The zero-order valence-electron chi connectivity index (χ0n) is 6.87. The number of aromatic nitrogens is 2. The van der Waals surface area contributed by atoms with E-state index in [1.807, 2.05) is 10.6 Å². The molecule has 0 atom stereocenters. The summed E-state index contributed by atoms with van der Waals surface area (Å²) in [6.45, 7) is 2.07. The molecule has 0 amide bonds. The molecule has 2 aromatic heterocycles. The van der Waals surface area contributed by atoms with Gasteiger partial charge in [-0.15, -0.1) is 0 Å². The van der Waals surface area contributed by atoms with E-state index in [0.29, 0.717) is 0 Å². The maximum atomic E-state index is 11.0. The number of nitrogens with zero attached hydrogens (tertiary/aromatic N) is 1. The predicted molar refractivity (Wildman–Crippen MR) is 47.4 cm³/mol. The summed E-state index contributed by atoms with van der Waals surface area (Å²) in [5, 5.41) is 3.15. The molecule has 0 aromatic carbocycles. The molecule has 0 aliphatic carbocycles. The van der Waals surface area contributed by atoms with E-state index >= 15 is 0 Å². The summed E-state index contributed by atoms with van der Waals surface area (Å²) in [5.41, 5.74) is 2.12. The third-order valence-electron chi connectivity index (χ3n) is 1.92. The maximum Gasteiger partial charge on any atom is 0.182 e. The number of pyridine rings is 1. The molecule has 0 aliphatic rings. The molecule has 3 heteroatoms. The van der Waals surface area contributed by atoms with Crippen LogP contribution in [0.2, 0.25) is 0 Å². The molecule has 2 heterocycles. The molecule has 62 valence electrons. The average molecular weight is 162 g/mol. The number of hydrogen-bond donors (Lipinski definition) is 1. The van der Waals surface area contributed by atoms with Gasteiger partial charge in [0, 0.05) is 24.0 Å². The minimum absolute atomic E-state index is 0.0525. The molecule has 0 radical (unpaired) electrons. The fraction of sp³-hybridized carbons (Fsp3) is 0.222. The normalized spacial score (nSPS) is 10.8. The third kappa shape index (κ3) is 1.03. The molecule has 0 unspecified atom stereocenters. The monoisotopic (exact) mass is 162 g/mol. The van der Waals surface area contributed by atoms with Crippen molar-refractivity contribution < 1.29 is 0 Å². The fourth-order valence-electron chi connectivity index (χ4n) is 1.26. The Morgan fingerprint density at radius 2 is 2.33 bits per heavy atom. The highest BCUT2D eigenvalue weighted by Crippen LogP contribution is 2.03. The fourth-order valence-corrected chi connectivity index (χ4v) is 1.26. The zero-order chi connectivity index (χ0) is 8.55. The highest BCUT2D eigenvalue weighted by Gasteiger charge is 1.96. The van der Waals surface area contributed by atoms with Crippen molar-refractivity contribution >= 4 is 5.52 Å². The number of hydrogen-bond acceptors (Lipinski definition) is 1. The summed E-state index contributed by atoms with van der Waals surface area (Å²) in [4.78, 5) is 11.0. The van der Waals surface area contributed by atoms with Crippen molar-refractivity contribution in [3.63, 3.8) is 0 Å². The van der Waals surface area contributed by atoms with Gasteiger partial charge in [-0.1, -0.05) is 6.92 Å². The number of aromatic amines is 1. The largest absolute Gasteiger partial charge is 0.298 e. The number of H-pyrrole nitrogens is 1. The van der Waals surface area contributed by atoms with E-state index < -0.39 is 0 Å². The van der Waals surface area contributed by atoms with Crippen LogP contribution in [0.4, 0.5) is 0 Å². The van der Waals surface area contributed by atoms with Crippen LogP contribution in [-0.2, 0) is 6.42 Å². The first-order chi connectivity index (χ1) is 5.79. The zero-order valence-corrected chi connectivity index (χ0v) is 6.87. The molecule has 3 nitrogen and oxygen atoms in total. The van der Waals surface area contributed by atoms with Crippen LogP contribution < -0.4 is 5.43 Å². The Hall–Kier alpha value is -1.51. The van der Waals surface area contributed by atoms with Gasteiger partial charge in [-0.05, 0) is 12.5 Å². The lowest BCUT2D eigenvalue weighted by Gasteiger charge is -1.89. The van der Waals surface area contributed by atoms with Crippen LogP contribution in [0.3, 0.4) is 0 Å². The second-order valence-corrected chi connectivity index (χ2v) is 2.79. The molecular weight excluding hydrogens is 152 g/mol. The van der Waals surface area contributed by atoms with E-state index in [-0.39, 0.29) is 5.43 Å². The number of rotatable bonds is 1. The Labute approximate surface area is 69.6 Å². The average Bonchev–Trinajstić information content (AvgIpc) is 2.46. The molecule has 0 bridgehead atoms. The third-order valence-corrected chi connectivity index (χ3v) is 1.92. The van der Waals surface area contributed by atoms with Crippen molar-refractivity contribution in [1.29, 1.82) is 0 Å². The lowest BCUT2D eigenvalue weighted by atomic mass is 10.3. The van der Waals surface area contributed by atoms with Gasteiger partial charge in [0.15, 0.2) is 5.43 Å². The number of aryl methyl sites for hydroxylation is 1.